The Balaban J connectivity index is 2.74. The molecule has 0 saturated heterocycles. The van der Waals surface area contributed by atoms with Gasteiger partial charge in [-0.25, -0.2) is 12.8 Å². The number of aliphatic carboxylic acids is 1. The highest BCUT2D eigenvalue weighted by atomic mass is 32.2. The molecule has 0 aliphatic carbocycles. The first-order chi connectivity index (χ1) is 10.1. The van der Waals surface area contributed by atoms with Crippen LogP contribution >= 0.6 is 0 Å². The molecular weight excluding hydrogens is 313 g/mol. The summed E-state index contributed by atoms with van der Waals surface area (Å²) in [7, 11) is -2.33. The van der Waals surface area contributed by atoms with Gasteiger partial charge in [0.05, 0.1) is 16.6 Å². The van der Waals surface area contributed by atoms with Crippen LogP contribution in [0.5, 0.6) is 0 Å². The number of amides is 1. The van der Waals surface area contributed by atoms with Crippen LogP contribution in [0.15, 0.2) is 29.2 Å². The van der Waals surface area contributed by atoms with Crippen molar-refractivity contribution in [3.8, 4) is 0 Å². The molecule has 1 unspecified atom stereocenters. The van der Waals surface area contributed by atoms with Gasteiger partial charge in [-0.05, 0) is 31.2 Å². The summed E-state index contributed by atoms with van der Waals surface area (Å²) in [6.07, 6.45) is -0.475. The Morgan fingerprint density at radius 3 is 2.32 bits per heavy atom. The molecule has 8 heteroatoms. The van der Waals surface area contributed by atoms with Crippen molar-refractivity contribution in [2.24, 2.45) is 0 Å². The molecule has 0 aliphatic rings. The van der Waals surface area contributed by atoms with E-state index >= 15 is 0 Å². The number of rotatable bonds is 7. The third-order valence-electron chi connectivity index (χ3n) is 3.22. The SMILES string of the molecule is CC(CC(=O)N(C)CCC(=O)O)S(=O)(=O)c1ccc(F)cc1. The van der Waals surface area contributed by atoms with E-state index in [-0.39, 0.29) is 24.3 Å². The molecule has 0 radical (unpaired) electrons. The van der Waals surface area contributed by atoms with E-state index in [1.165, 1.54) is 18.9 Å². The van der Waals surface area contributed by atoms with Crippen LogP contribution in [0.4, 0.5) is 4.39 Å². The highest BCUT2D eigenvalue weighted by molar-refractivity contribution is 7.92. The molecule has 1 atom stereocenters. The molecule has 1 rings (SSSR count). The Bertz CT molecular complexity index is 642. The van der Waals surface area contributed by atoms with Gasteiger partial charge in [0.15, 0.2) is 9.84 Å². The number of carboxylic acid groups (broad SMARTS) is 1. The Hall–Kier alpha value is -1.96. The van der Waals surface area contributed by atoms with Gasteiger partial charge in [-0.1, -0.05) is 0 Å². The number of hydrogen-bond acceptors (Lipinski definition) is 4. The van der Waals surface area contributed by atoms with Crippen molar-refractivity contribution in [3.63, 3.8) is 0 Å². The fourth-order valence-electron chi connectivity index (χ4n) is 1.76. The zero-order valence-corrected chi connectivity index (χ0v) is 13.1. The van der Waals surface area contributed by atoms with Crippen LogP contribution in [0, 0.1) is 5.82 Å². The molecule has 1 amide bonds. The molecule has 0 heterocycles. The fraction of sp³-hybridized carbons (Fsp3) is 0.429. The van der Waals surface area contributed by atoms with Crippen molar-refractivity contribution in [2.45, 2.75) is 29.9 Å². The second-order valence-electron chi connectivity index (χ2n) is 4.97. The lowest BCUT2D eigenvalue weighted by molar-refractivity contribution is -0.138. The molecule has 0 aliphatic heterocycles. The fourth-order valence-corrected chi connectivity index (χ4v) is 3.10. The van der Waals surface area contributed by atoms with E-state index in [4.69, 9.17) is 5.11 Å². The molecule has 22 heavy (non-hydrogen) atoms. The zero-order chi connectivity index (χ0) is 16.9. The van der Waals surface area contributed by atoms with Gasteiger partial charge >= 0.3 is 5.97 Å². The lowest BCUT2D eigenvalue weighted by atomic mass is 10.3. The van der Waals surface area contributed by atoms with Crippen LogP contribution in [-0.4, -0.2) is 49.1 Å². The predicted molar refractivity (Wildman–Crippen MR) is 77.6 cm³/mol. The molecule has 0 saturated carbocycles. The molecule has 6 nitrogen and oxygen atoms in total. The number of hydrogen-bond donors (Lipinski definition) is 1. The molecular formula is C14H18FNO5S. The second kappa shape index (κ2) is 7.35. The highest BCUT2D eigenvalue weighted by Gasteiger charge is 2.26. The van der Waals surface area contributed by atoms with E-state index in [1.54, 1.807) is 0 Å². The summed E-state index contributed by atoms with van der Waals surface area (Å²) in [6, 6.07) is 4.39. The molecule has 122 valence electrons. The standard InChI is InChI=1S/C14H18FNO5S/c1-10(9-13(17)16(2)8-7-14(18)19)22(20,21)12-5-3-11(15)4-6-12/h3-6,10H,7-9H2,1-2H3,(H,18,19). The van der Waals surface area contributed by atoms with Crippen molar-refractivity contribution >= 4 is 21.7 Å². The highest BCUT2D eigenvalue weighted by Crippen LogP contribution is 2.19. The first kappa shape index (κ1) is 18.1. The van der Waals surface area contributed by atoms with Gasteiger partial charge in [-0.2, -0.15) is 0 Å². The maximum Gasteiger partial charge on any atom is 0.305 e. The molecule has 1 aromatic rings. The number of carboxylic acids is 1. The van der Waals surface area contributed by atoms with E-state index in [0.29, 0.717) is 0 Å². The maximum atomic E-state index is 12.8. The molecule has 0 aromatic heterocycles. The monoisotopic (exact) mass is 331 g/mol. The van der Waals surface area contributed by atoms with Gasteiger partial charge in [0.2, 0.25) is 5.91 Å². The summed E-state index contributed by atoms with van der Waals surface area (Å²) in [5.41, 5.74) is 0. The lowest BCUT2D eigenvalue weighted by Gasteiger charge is -2.19. The molecule has 1 aromatic carbocycles. The Labute approximate surface area is 128 Å². The van der Waals surface area contributed by atoms with Crippen molar-refractivity contribution in [1.82, 2.24) is 4.90 Å². The summed E-state index contributed by atoms with van der Waals surface area (Å²) < 4.78 is 37.4. The summed E-state index contributed by atoms with van der Waals surface area (Å²) in [5.74, 6) is -2.04. The molecule has 1 N–H and O–H groups in total. The molecule has 0 bridgehead atoms. The van der Waals surface area contributed by atoms with E-state index < -0.39 is 32.8 Å². The van der Waals surface area contributed by atoms with Crippen molar-refractivity contribution < 1.29 is 27.5 Å². The summed E-state index contributed by atoms with van der Waals surface area (Å²) >= 11 is 0. The molecule has 0 spiro atoms. The Morgan fingerprint density at radius 1 is 1.27 bits per heavy atom. The third-order valence-corrected chi connectivity index (χ3v) is 5.38. The van der Waals surface area contributed by atoms with Crippen molar-refractivity contribution in [1.29, 1.82) is 0 Å². The van der Waals surface area contributed by atoms with E-state index in [1.807, 2.05) is 0 Å². The predicted octanol–water partition coefficient (Wildman–Crippen LogP) is 1.31. The van der Waals surface area contributed by atoms with Gasteiger partial charge < -0.3 is 10.0 Å². The van der Waals surface area contributed by atoms with E-state index in [0.717, 1.165) is 24.3 Å². The molecule has 0 fully saturated rings. The average molecular weight is 331 g/mol. The number of nitrogens with zero attached hydrogens (tertiary/aromatic N) is 1. The first-order valence-electron chi connectivity index (χ1n) is 6.60. The smallest absolute Gasteiger partial charge is 0.305 e. The largest absolute Gasteiger partial charge is 0.481 e. The minimum absolute atomic E-state index is 0.0114. The topological polar surface area (TPSA) is 91.8 Å². The van der Waals surface area contributed by atoms with E-state index in [2.05, 4.69) is 0 Å². The normalized spacial score (nSPS) is 12.7. The van der Waals surface area contributed by atoms with Gasteiger partial charge in [0, 0.05) is 20.0 Å². The van der Waals surface area contributed by atoms with Crippen LogP contribution < -0.4 is 0 Å². The summed E-state index contributed by atoms with van der Waals surface area (Å²) in [4.78, 5) is 23.5. The quantitative estimate of drug-likeness (QED) is 0.761. The van der Waals surface area contributed by atoms with Crippen LogP contribution in [0.25, 0.3) is 0 Å². The van der Waals surface area contributed by atoms with Gasteiger partial charge in [-0.15, -0.1) is 0 Å². The summed E-state index contributed by atoms with van der Waals surface area (Å²) in [6.45, 7) is 1.40. The second-order valence-corrected chi connectivity index (χ2v) is 7.34. The minimum Gasteiger partial charge on any atom is -0.481 e. The van der Waals surface area contributed by atoms with Crippen molar-refractivity contribution in [3.05, 3.63) is 30.1 Å². The van der Waals surface area contributed by atoms with Crippen molar-refractivity contribution in [2.75, 3.05) is 13.6 Å². The van der Waals surface area contributed by atoms with E-state index in [9.17, 15) is 22.4 Å². The van der Waals surface area contributed by atoms with Crippen LogP contribution in [0.2, 0.25) is 0 Å². The average Bonchev–Trinajstić information content (AvgIpc) is 2.44. The first-order valence-corrected chi connectivity index (χ1v) is 8.14. The summed E-state index contributed by atoms with van der Waals surface area (Å²) in [5, 5.41) is 7.57. The third kappa shape index (κ3) is 4.80. The zero-order valence-electron chi connectivity index (χ0n) is 12.3. The number of carbonyl (C=O) groups excluding carboxylic acids is 1. The van der Waals surface area contributed by atoms with Crippen LogP contribution in [0.3, 0.4) is 0 Å². The maximum absolute atomic E-state index is 12.8. The number of carbonyl (C=O) groups is 2. The Kier molecular flexibility index (Phi) is 6.04. The van der Waals surface area contributed by atoms with Gasteiger partial charge in [-0.3, -0.25) is 9.59 Å². The Morgan fingerprint density at radius 2 is 1.82 bits per heavy atom. The lowest BCUT2D eigenvalue weighted by Crippen LogP contribution is -2.33. The van der Waals surface area contributed by atoms with Gasteiger partial charge in [0.25, 0.3) is 0 Å². The number of halogens is 1. The number of benzene rings is 1. The minimum atomic E-state index is -3.75. The van der Waals surface area contributed by atoms with Gasteiger partial charge in [0.1, 0.15) is 5.82 Å². The van der Waals surface area contributed by atoms with Crippen LogP contribution in [0.1, 0.15) is 19.8 Å². The number of sulfone groups is 1. The van der Waals surface area contributed by atoms with Crippen LogP contribution in [-0.2, 0) is 19.4 Å².